The molecule has 0 bridgehead atoms. The topological polar surface area (TPSA) is 53.3 Å². The quantitative estimate of drug-likeness (QED) is 0.769. The second-order valence-corrected chi connectivity index (χ2v) is 7.48. The first-order valence-electron chi connectivity index (χ1n) is 8.82. The number of aliphatic hydroxyl groups excluding tert-OH is 1. The SMILES string of the molecule is Cc1nn(CCO)c(C)c1CNCC(c1cccs1)N1CCCC1. The van der Waals surface area contributed by atoms with Crippen molar-refractivity contribution >= 4 is 11.3 Å². The smallest absolute Gasteiger partial charge is 0.0644 e. The van der Waals surface area contributed by atoms with Crippen molar-refractivity contribution in [2.75, 3.05) is 26.2 Å². The zero-order valence-corrected chi connectivity index (χ0v) is 15.5. The molecule has 1 aliphatic rings. The van der Waals surface area contributed by atoms with E-state index in [-0.39, 0.29) is 6.61 Å². The van der Waals surface area contributed by atoms with Crippen molar-refractivity contribution in [2.45, 2.75) is 45.8 Å². The first-order valence-corrected chi connectivity index (χ1v) is 9.70. The zero-order valence-electron chi connectivity index (χ0n) is 14.7. The molecule has 0 radical (unpaired) electrons. The first kappa shape index (κ1) is 17.6. The summed E-state index contributed by atoms with van der Waals surface area (Å²) >= 11 is 1.86. The minimum atomic E-state index is 0.129. The monoisotopic (exact) mass is 348 g/mol. The van der Waals surface area contributed by atoms with E-state index >= 15 is 0 Å². The van der Waals surface area contributed by atoms with E-state index in [9.17, 15) is 0 Å². The number of likely N-dealkylation sites (tertiary alicyclic amines) is 1. The van der Waals surface area contributed by atoms with E-state index in [1.54, 1.807) is 0 Å². The van der Waals surface area contributed by atoms with Gasteiger partial charge >= 0.3 is 0 Å². The van der Waals surface area contributed by atoms with Gasteiger partial charge in [0.25, 0.3) is 0 Å². The first-order chi connectivity index (χ1) is 11.7. The second kappa shape index (κ2) is 8.25. The maximum absolute atomic E-state index is 9.14. The molecule has 3 rings (SSSR count). The molecule has 24 heavy (non-hydrogen) atoms. The fourth-order valence-electron chi connectivity index (χ4n) is 3.58. The highest BCUT2D eigenvalue weighted by Gasteiger charge is 2.24. The van der Waals surface area contributed by atoms with Crippen molar-refractivity contribution in [3.8, 4) is 0 Å². The normalized spacial score (nSPS) is 16.8. The van der Waals surface area contributed by atoms with Crippen LogP contribution in [0, 0.1) is 13.8 Å². The van der Waals surface area contributed by atoms with Crippen LogP contribution in [-0.2, 0) is 13.1 Å². The Labute approximate surface area is 148 Å². The average molecular weight is 349 g/mol. The maximum Gasteiger partial charge on any atom is 0.0644 e. The highest BCUT2D eigenvalue weighted by molar-refractivity contribution is 7.10. The van der Waals surface area contributed by atoms with E-state index in [4.69, 9.17) is 5.11 Å². The van der Waals surface area contributed by atoms with Crippen molar-refractivity contribution in [1.29, 1.82) is 0 Å². The van der Waals surface area contributed by atoms with Gasteiger partial charge in [-0.25, -0.2) is 0 Å². The number of aromatic nitrogens is 2. The molecule has 0 spiro atoms. The minimum absolute atomic E-state index is 0.129. The molecule has 2 aromatic heterocycles. The molecule has 1 fully saturated rings. The van der Waals surface area contributed by atoms with E-state index in [1.807, 2.05) is 16.0 Å². The molecule has 5 nitrogen and oxygen atoms in total. The Morgan fingerprint density at radius 1 is 1.33 bits per heavy atom. The zero-order chi connectivity index (χ0) is 16.9. The minimum Gasteiger partial charge on any atom is -0.394 e. The van der Waals surface area contributed by atoms with Crippen molar-refractivity contribution in [1.82, 2.24) is 20.0 Å². The summed E-state index contributed by atoms with van der Waals surface area (Å²) in [7, 11) is 0. The Morgan fingerprint density at radius 3 is 2.79 bits per heavy atom. The fourth-order valence-corrected chi connectivity index (χ4v) is 4.44. The molecule has 0 amide bonds. The van der Waals surface area contributed by atoms with Crippen LogP contribution in [0.5, 0.6) is 0 Å². The van der Waals surface area contributed by atoms with E-state index in [2.05, 4.69) is 46.7 Å². The van der Waals surface area contributed by atoms with E-state index < -0.39 is 0 Å². The molecule has 1 aliphatic heterocycles. The van der Waals surface area contributed by atoms with Gasteiger partial charge < -0.3 is 10.4 Å². The van der Waals surface area contributed by atoms with Gasteiger partial charge in [0.15, 0.2) is 0 Å². The fraction of sp³-hybridized carbons (Fsp3) is 0.611. The van der Waals surface area contributed by atoms with Gasteiger partial charge in [0, 0.05) is 29.2 Å². The largest absolute Gasteiger partial charge is 0.394 e. The molecule has 1 atom stereocenters. The van der Waals surface area contributed by atoms with Crippen LogP contribution in [0.2, 0.25) is 0 Å². The molecule has 132 valence electrons. The standard InChI is InChI=1S/C18H28N4OS/c1-14-16(15(2)22(20-14)9-10-23)12-19-13-17(18-6-5-11-24-18)21-7-3-4-8-21/h5-6,11,17,19,23H,3-4,7-10,12-13H2,1-2H3. The van der Waals surface area contributed by atoms with Crippen LogP contribution in [-0.4, -0.2) is 46.0 Å². The number of aliphatic hydroxyl groups is 1. The lowest BCUT2D eigenvalue weighted by atomic mass is 10.1. The summed E-state index contributed by atoms with van der Waals surface area (Å²) in [5.74, 6) is 0. The summed E-state index contributed by atoms with van der Waals surface area (Å²) in [6, 6.07) is 4.88. The van der Waals surface area contributed by atoms with Crippen LogP contribution in [0.25, 0.3) is 0 Å². The number of hydrogen-bond acceptors (Lipinski definition) is 5. The van der Waals surface area contributed by atoms with Crippen LogP contribution >= 0.6 is 11.3 Å². The predicted molar refractivity (Wildman–Crippen MR) is 98.4 cm³/mol. The van der Waals surface area contributed by atoms with Gasteiger partial charge in [-0.1, -0.05) is 6.07 Å². The summed E-state index contributed by atoms with van der Waals surface area (Å²) in [6.07, 6.45) is 2.63. The van der Waals surface area contributed by atoms with Crippen molar-refractivity contribution in [2.24, 2.45) is 0 Å². The second-order valence-electron chi connectivity index (χ2n) is 6.50. The maximum atomic E-state index is 9.14. The third-order valence-corrected chi connectivity index (χ3v) is 5.91. The lowest BCUT2D eigenvalue weighted by Gasteiger charge is -2.27. The van der Waals surface area contributed by atoms with Gasteiger partial charge in [-0.05, 0) is 51.2 Å². The Hall–Kier alpha value is -1.21. The highest BCUT2D eigenvalue weighted by atomic mass is 32.1. The van der Waals surface area contributed by atoms with Gasteiger partial charge in [0.2, 0.25) is 0 Å². The molecule has 0 saturated carbocycles. The van der Waals surface area contributed by atoms with E-state index in [0.29, 0.717) is 12.6 Å². The van der Waals surface area contributed by atoms with Crippen LogP contribution in [0.4, 0.5) is 0 Å². The number of rotatable bonds is 8. The summed E-state index contributed by atoms with van der Waals surface area (Å²) in [5, 5.41) is 19.5. The number of nitrogens with zero attached hydrogens (tertiary/aromatic N) is 3. The van der Waals surface area contributed by atoms with Gasteiger partial charge in [0.05, 0.1) is 24.9 Å². The Morgan fingerprint density at radius 2 is 2.12 bits per heavy atom. The van der Waals surface area contributed by atoms with Gasteiger partial charge in [-0.2, -0.15) is 5.10 Å². The van der Waals surface area contributed by atoms with Crippen LogP contribution < -0.4 is 5.32 Å². The third kappa shape index (κ3) is 3.88. The lowest BCUT2D eigenvalue weighted by molar-refractivity contribution is 0.241. The molecule has 1 unspecified atom stereocenters. The number of aryl methyl sites for hydroxylation is 1. The van der Waals surface area contributed by atoms with Crippen LogP contribution in [0.1, 0.15) is 40.7 Å². The van der Waals surface area contributed by atoms with Gasteiger partial charge in [0.1, 0.15) is 0 Å². The lowest BCUT2D eigenvalue weighted by Crippen LogP contribution is -2.33. The van der Waals surface area contributed by atoms with Gasteiger partial charge in [-0.15, -0.1) is 11.3 Å². The molecule has 1 saturated heterocycles. The van der Waals surface area contributed by atoms with Gasteiger partial charge in [-0.3, -0.25) is 9.58 Å². The summed E-state index contributed by atoms with van der Waals surface area (Å²) in [4.78, 5) is 4.06. The average Bonchev–Trinajstić information content (AvgIpc) is 3.30. The Balaban J connectivity index is 1.63. The molecule has 0 aliphatic carbocycles. The molecule has 6 heteroatoms. The number of nitrogens with one attached hydrogen (secondary N) is 1. The van der Waals surface area contributed by atoms with E-state index in [1.165, 1.54) is 36.4 Å². The molecule has 0 aromatic carbocycles. The van der Waals surface area contributed by atoms with E-state index in [0.717, 1.165) is 24.5 Å². The molecular weight excluding hydrogens is 320 g/mol. The highest BCUT2D eigenvalue weighted by Crippen LogP contribution is 2.28. The van der Waals surface area contributed by atoms with Crippen LogP contribution in [0.3, 0.4) is 0 Å². The predicted octanol–water partition coefficient (Wildman–Crippen LogP) is 2.48. The molecule has 2 N–H and O–H groups in total. The van der Waals surface area contributed by atoms with Crippen molar-refractivity contribution in [3.63, 3.8) is 0 Å². The van der Waals surface area contributed by atoms with Crippen molar-refractivity contribution in [3.05, 3.63) is 39.3 Å². The summed E-state index contributed by atoms with van der Waals surface area (Å²) in [5.41, 5.74) is 3.47. The number of hydrogen-bond donors (Lipinski definition) is 2. The van der Waals surface area contributed by atoms with Crippen molar-refractivity contribution < 1.29 is 5.11 Å². The summed E-state index contributed by atoms with van der Waals surface area (Å²) < 4.78 is 1.91. The molecule has 3 heterocycles. The van der Waals surface area contributed by atoms with Crippen LogP contribution in [0.15, 0.2) is 17.5 Å². The number of thiophene rings is 1. The Bertz CT molecular complexity index is 632. The molecule has 2 aromatic rings. The Kier molecular flexibility index (Phi) is 6.05. The molecular formula is C18H28N4OS. The third-order valence-electron chi connectivity index (χ3n) is 4.94. The summed E-state index contributed by atoms with van der Waals surface area (Å²) in [6.45, 7) is 9.04.